The van der Waals surface area contributed by atoms with E-state index in [0.717, 1.165) is 16.2 Å². The van der Waals surface area contributed by atoms with Crippen molar-refractivity contribution in [3.05, 3.63) is 68.5 Å². The van der Waals surface area contributed by atoms with Crippen molar-refractivity contribution < 1.29 is 18.7 Å². The predicted molar refractivity (Wildman–Crippen MR) is 86.2 cm³/mol. The maximum atomic E-state index is 14.1. The standard InChI is InChI=1S/C17H17FN2O5/c1-10-2-4-11(5-3-10)16(22)24-9-13-12(18)8-15(25-13)20-7-6-14(21)19-17(20)23/h2-7,12-13,15H,8-9H2,1H3,(H,19,21,23)/t12-,13+,15+/m0/s1. The SMILES string of the molecule is Cc1ccc(C(=O)OC[C@H]2O[C@@H](n3ccc(=O)[nH]c3=O)C[C@@H]2F)cc1. The van der Waals surface area contributed by atoms with E-state index in [1.807, 2.05) is 6.92 Å². The van der Waals surface area contributed by atoms with Crippen LogP contribution in [-0.2, 0) is 9.47 Å². The minimum absolute atomic E-state index is 0.0707. The van der Waals surface area contributed by atoms with Crippen LogP contribution in [0.4, 0.5) is 4.39 Å². The molecule has 1 saturated heterocycles. The summed E-state index contributed by atoms with van der Waals surface area (Å²) in [5.74, 6) is -0.569. The number of carbonyl (C=O) groups is 1. The van der Waals surface area contributed by atoms with Crippen molar-refractivity contribution in [2.24, 2.45) is 0 Å². The lowest BCUT2D eigenvalue weighted by atomic mass is 10.1. The van der Waals surface area contributed by atoms with Crippen LogP contribution in [0.25, 0.3) is 0 Å². The minimum atomic E-state index is -1.39. The second-order valence-corrected chi connectivity index (χ2v) is 5.86. The second kappa shape index (κ2) is 7.02. The first-order valence-corrected chi connectivity index (χ1v) is 7.79. The summed E-state index contributed by atoms with van der Waals surface area (Å²) < 4.78 is 25.8. The molecule has 1 N–H and O–H groups in total. The zero-order valence-corrected chi connectivity index (χ0v) is 13.5. The van der Waals surface area contributed by atoms with Crippen molar-refractivity contribution in [2.75, 3.05) is 6.61 Å². The first kappa shape index (κ1) is 17.1. The Labute approximate surface area is 142 Å². The molecule has 1 aliphatic heterocycles. The van der Waals surface area contributed by atoms with Crippen molar-refractivity contribution in [3.63, 3.8) is 0 Å². The lowest BCUT2D eigenvalue weighted by Gasteiger charge is -2.15. The average molecular weight is 348 g/mol. The van der Waals surface area contributed by atoms with Gasteiger partial charge in [0.05, 0.1) is 5.56 Å². The van der Waals surface area contributed by atoms with E-state index in [9.17, 15) is 18.8 Å². The van der Waals surface area contributed by atoms with Gasteiger partial charge in [-0.3, -0.25) is 14.3 Å². The number of rotatable bonds is 4. The second-order valence-electron chi connectivity index (χ2n) is 5.86. The van der Waals surface area contributed by atoms with Crippen LogP contribution in [-0.4, -0.2) is 34.4 Å². The molecule has 2 aromatic rings. The number of nitrogens with one attached hydrogen (secondary N) is 1. The monoisotopic (exact) mass is 348 g/mol. The van der Waals surface area contributed by atoms with Gasteiger partial charge in [-0.15, -0.1) is 0 Å². The quantitative estimate of drug-likeness (QED) is 0.842. The maximum Gasteiger partial charge on any atom is 0.338 e. The first-order valence-electron chi connectivity index (χ1n) is 7.79. The van der Waals surface area contributed by atoms with Gasteiger partial charge in [0.1, 0.15) is 25.1 Å². The molecule has 25 heavy (non-hydrogen) atoms. The molecular weight excluding hydrogens is 331 g/mol. The van der Waals surface area contributed by atoms with Gasteiger partial charge in [0.15, 0.2) is 0 Å². The van der Waals surface area contributed by atoms with E-state index in [-0.39, 0.29) is 13.0 Å². The van der Waals surface area contributed by atoms with Crippen molar-refractivity contribution in [3.8, 4) is 0 Å². The van der Waals surface area contributed by atoms with Crippen molar-refractivity contribution in [1.29, 1.82) is 0 Å². The topological polar surface area (TPSA) is 90.4 Å². The predicted octanol–water partition coefficient (Wildman–Crippen LogP) is 1.33. The van der Waals surface area contributed by atoms with Crippen LogP contribution < -0.4 is 11.2 Å². The molecule has 0 bridgehead atoms. The highest BCUT2D eigenvalue weighted by atomic mass is 19.1. The summed E-state index contributed by atoms with van der Waals surface area (Å²) in [6.07, 6.45) is -2.05. The number of carbonyl (C=O) groups excluding carboxylic acids is 1. The fraction of sp³-hybridized carbons (Fsp3) is 0.353. The zero-order chi connectivity index (χ0) is 18.0. The Balaban J connectivity index is 1.62. The number of nitrogens with zero attached hydrogens (tertiary/aromatic N) is 1. The summed E-state index contributed by atoms with van der Waals surface area (Å²) in [5, 5.41) is 0. The van der Waals surface area contributed by atoms with Gasteiger partial charge in [0.25, 0.3) is 5.56 Å². The van der Waals surface area contributed by atoms with E-state index in [2.05, 4.69) is 4.98 Å². The van der Waals surface area contributed by atoms with Crippen LogP contribution in [0.1, 0.15) is 28.6 Å². The van der Waals surface area contributed by atoms with Crippen LogP contribution in [0.5, 0.6) is 0 Å². The molecule has 0 radical (unpaired) electrons. The molecule has 0 spiro atoms. The molecule has 0 saturated carbocycles. The lowest BCUT2D eigenvalue weighted by molar-refractivity contribution is -0.0439. The van der Waals surface area contributed by atoms with Gasteiger partial charge in [-0.2, -0.15) is 0 Å². The molecule has 0 amide bonds. The smallest absolute Gasteiger partial charge is 0.338 e. The van der Waals surface area contributed by atoms with Crippen molar-refractivity contribution >= 4 is 5.97 Å². The molecule has 8 heteroatoms. The van der Waals surface area contributed by atoms with Crippen LogP contribution in [0.2, 0.25) is 0 Å². The van der Waals surface area contributed by atoms with Gasteiger partial charge in [0.2, 0.25) is 0 Å². The maximum absolute atomic E-state index is 14.1. The molecule has 1 aromatic carbocycles. The van der Waals surface area contributed by atoms with Gasteiger partial charge >= 0.3 is 11.7 Å². The van der Waals surface area contributed by atoms with E-state index < -0.39 is 35.7 Å². The van der Waals surface area contributed by atoms with Crippen LogP contribution in [0.15, 0.2) is 46.1 Å². The molecule has 3 atom stereocenters. The largest absolute Gasteiger partial charge is 0.459 e. The molecule has 1 fully saturated rings. The molecule has 132 valence electrons. The van der Waals surface area contributed by atoms with Crippen LogP contribution in [0, 0.1) is 6.92 Å². The number of aromatic nitrogens is 2. The van der Waals surface area contributed by atoms with E-state index in [4.69, 9.17) is 9.47 Å². The molecule has 0 unspecified atom stereocenters. The molecule has 3 rings (SSSR count). The number of hydrogen-bond acceptors (Lipinski definition) is 5. The Morgan fingerprint density at radius 2 is 2.04 bits per heavy atom. The number of aryl methyl sites for hydroxylation is 1. The van der Waals surface area contributed by atoms with Crippen molar-refractivity contribution in [1.82, 2.24) is 9.55 Å². The number of ether oxygens (including phenoxy) is 2. The molecule has 1 aromatic heterocycles. The Kier molecular flexibility index (Phi) is 4.80. The summed E-state index contributed by atoms with van der Waals surface area (Å²) in [6.45, 7) is 1.64. The van der Waals surface area contributed by atoms with Gasteiger partial charge < -0.3 is 9.47 Å². The number of benzene rings is 1. The highest BCUT2D eigenvalue weighted by Crippen LogP contribution is 2.30. The van der Waals surface area contributed by atoms with Gasteiger partial charge in [-0.25, -0.2) is 14.0 Å². The van der Waals surface area contributed by atoms with E-state index in [1.54, 1.807) is 24.3 Å². The molecule has 7 nitrogen and oxygen atoms in total. The van der Waals surface area contributed by atoms with E-state index >= 15 is 0 Å². The van der Waals surface area contributed by atoms with E-state index in [0.29, 0.717) is 5.56 Å². The number of hydrogen-bond donors (Lipinski definition) is 1. The molecular formula is C17H17FN2O5. The summed E-state index contributed by atoms with van der Waals surface area (Å²) in [7, 11) is 0. The zero-order valence-electron chi connectivity index (χ0n) is 13.5. The summed E-state index contributed by atoms with van der Waals surface area (Å²) in [4.78, 5) is 36.9. The highest BCUT2D eigenvalue weighted by Gasteiger charge is 2.37. The lowest BCUT2D eigenvalue weighted by Crippen LogP contribution is -2.32. The normalized spacial score (nSPS) is 22.7. The highest BCUT2D eigenvalue weighted by molar-refractivity contribution is 5.89. The van der Waals surface area contributed by atoms with Crippen LogP contribution >= 0.6 is 0 Å². The fourth-order valence-corrected chi connectivity index (χ4v) is 2.59. The third kappa shape index (κ3) is 3.85. The minimum Gasteiger partial charge on any atom is -0.459 e. The van der Waals surface area contributed by atoms with Gasteiger partial charge in [0, 0.05) is 18.7 Å². The Hall–Kier alpha value is -2.74. The molecule has 0 aliphatic carbocycles. The first-order chi connectivity index (χ1) is 11.9. The third-order valence-electron chi connectivity index (χ3n) is 3.99. The Bertz CT molecular complexity index is 874. The molecule has 2 heterocycles. The third-order valence-corrected chi connectivity index (χ3v) is 3.99. The van der Waals surface area contributed by atoms with E-state index in [1.165, 1.54) is 6.20 Å². The number of H-pyrrole nitrogens is 1. The Morgan fingerprint density at radius 1 is 1.32 bits per heavy atom. The summed E-state index contributed by atoms with van der Waals surface area (Å²) in [5.41, 5.74) is 0.155. The number of alkyl halides is 1. The van der Waals surface area contributed by atoms with Crippen LogP contribution in [0.3, 0.4) is 0 Å². The number of halogens is 1. The van der Waals surface area contributed by atoms with Gasteiger partial charge in [-0.1, -0.05) is 17.7 Å². The summed E-state index contributed by atoms with van der Waals surface area (Å²) in [6, 6.07) is 7.97. The number of esters is 1. The average Bonchev–Trinajstić information content (AvgIpc) is 2.94. The Morgan fingerprint density at radius 3 is 2.72 bits per heavy atom. The van der Waals surface area contributed by atoms with Crippen molar-refractivity contribution in [2.45, 2.75) is 31.8 Å². The molecule has 1 aliphatic rings. The number of aromatic amines is 1. The van der Waals surface area contributed by atoms with Gasteiger partial charge in [-0.05, 0) is 19.1 Å². The summed E-state index contributed by atoms with van der Waals surface area (Å²) >= 11 is 0. The fourth-order valence-electron chi connectivity index (χ4n) is 2.59.